The first kappa shape index (κ1) is 20.4. The van der Waals surface area contributed by atoms with Crippen LogP contribution >= 0.6 is 0 Å². The average Bonchev–Trinajstić information content (AvgIpc) is 2.85. The van der Waals surface area contributed by atoms with Gasteiger partial charge in [0, 0.05) is 24.7 Å². The minimum absolute atomic E-state index is 0.118. The lowest BCUT2D eigenvalue weighted by atomic mass is 9.88. The predicted octanol–water partition coefficient (Wildman–Crippen LogP) is 4.31. The van der Waals surface area contributed by atoms with Crippen molar-refractivity contribution in [1.82, 2.24) is 0 Å². The summed E-state index contributed by atoms with van der Waals surface area (Å²) in [5.74, 6) is -0.844. The van der Waals surface area contributed by atoms with E-state index >= 15 is 0 Å². The molecular formula is C22H30O4. The van der Waals surface area contributed by atoms with Gasteiger partial charge in [-0.05, 0) is 43.4 Å². The number of aliphatic hydroxyl groups excluding tert-OH is 1. The summed E-state index contributed by atoms with van der Waals surface area (Å²) < 4.78 is 0. The van der Waals surface area contributed by atoms with E-state index in [1.54, 1.807) is 0 Å². The maximum Gasteiger partial charge on any atom is 0.303 e. The van der Waals surface area contributed by atoms with Gasteiger partial charge in [0.15, 0.2) is 0 Å². The summed E-state index contributed by atoms with van der Waals surface area (Å²) in [6, 6.07) is 6.26. The second-order valence-corrected chi connectivity index (χ2v) is 7.47. The molecule has 142 valence electrons. The number of benzene rings is 1. The van der Waals surface area contributed by atoms with Gasteiger partial charge >= 0.3 is 5.97 Å². The van der Waals surface area contributed by atoms with Gasteiger partial charge < -0.3 is 10.2 Å². The maximum atomic E-state index is 12.2. The molecule has 1 aliphatic rings. The molecule has 0 saturated heterocycles. The number of carbonyl (C=O) groups excluding carboxylic acids is 1. The van der Waals surface area contributed by atoms with Crippen LogP contribution in [0.4, 0.5) is 0 Å². The summed E-state index contributed by atoms with van der Waals surface area (Å²) in [5, 5.41) is 18.9. The molecule has 2 N–H and O–H groups in total. The van der Waals surface area contributed by atoms with Crippen LogP contribution in [0.1, 0.15) is 61.6 Å². The number of carboxylic acid groups (broad SMARTS) is 1. The van der Waals surface area contributed by atoms with E-state index in [2.05, 4.69) is 32.0 Å². The number of aliphatic carboxylic acids is 1. The standard InChI is InChI=1S/C22H30O4/c1-15-9-10-17(13-16(15)2)11-12-19-18(20(23)14-21(19)24)7-5-3-4-6-8-22(25)26/h9-13,18-19,21,24H,3-8,14H2,1-2H3,(H,25,26)/b12-11+. The van der Waals surface area contributed by atoms with Crippen molar-refractivity contribution >= 4 is 17.8 Å². The van der Waals surface area contributed by atoms with Gasteiger partial charge in [-0.25, -0.2) is 0 Å². The molecule has 0 spiro atoms. The van der Waals surface area contributed by atoms with Crippen molar-refractivity contribution in [2.45, 2.75) is 64.9 Å². The van der Waals surface area contributed by atoms with Crippen LogP contribution in [0.5, 0.6) is 0 Å². The first-order chi connectivity index (χ1) is 12.4. The summed E-state index contributed by atoms with van der Waals surface area (Å²) in [5.41, 5.74) is 3.57. The number of hydrogen-bond donors (Lipinski definition) is 2. The molecule has 4 heteroatoms. The van der Waals surface area contributed by atoms with Crippen molar-refractivity contribution in [1.29, 1.82) is 0 Å². The average molecular weight is 358 g/mol. The van der Waals surface area contributed by atoms with Crippen LogP contribution in [0.2, 0.25) is 0 Å². The van der Waals surface area contributed by atoms with Crippen LogP contribution in [0.15, 0.2) is 24.3 Å². The second kappa shape index (κ2) is 9.67. The van der Waals surface area contributed by atoms with Crippen molar-refractivity contribution in [2.24, 2.45) is 11.8 Å². The molecule has 1 aliphatic carbocycles. The Morgan fingerprint density at radius 2 is 1.88 bits per heavy atom. The van der Waals surface area contributed by atoms with E-state index < -0.39 is 12.1 Å². The molecule has 0 bridgehead atoms. The van der Waals surface area contributed by atoms with E-state index in [0.29, 0.717) is 6.42 Å². The van der Waals surface area contributed by atoms with Crippen LogP contribution in [0, 0.1) is 25.7 Å². The van der Waals surface area contributed by atoms with Crippen molar-refractivity contribution in [3.05, 3.63) is 41.0 Å². The van der Waals surface area contributed by atoms with Gasteiger partial charge in [-0.1, -0.05) is 49.6 Å². The normalized spacial score (nSPS) is 23.0. The first-order valence-corrected chi connectivity index (χ1v) is 9.56. The van der Waals surface area contributed by atoms with Gasteiger partial charge in [0.05, 0.1) is 6.10 Å². The minimum atomic E-state index is -0.754. The lowest BCUT2D eigenvalue weighted by molar-refractivity contribution is -0.137. The van der Waals surface area contributed by atoms with Crippen molar-refractivity contribution < 1.29 is 19.8 Å². The van der Waals surface area contributed by atoms with Gasteiger partial charge in [0.1, 0.15) is 5.78 Å². The van der Waals surface area contributed by atoms with Gasteiger partial charge in [-0.2, -0.15) is 0 Å². The zero-order chi connectivity index (χ0) is 19.1. The molecule has 1 aromatic carbocycles. The summed E-state index contributed by atoms with van der Waals surface area (Å²) in [7, 11) is 0. The zero-order valence-electron chi connectivity index (χ0n) is 15.8. The Bertz CT molecular complexity index is 662. The zero-order valence-corrected chi connectivity index (χ0v) is 15.8. The first-order valence-electron chi connectivity index (χ1n) is 9.56. The molecule has 1 saturated carbocycles. The Morgan fingerprint density at radius 1 is 1.15 bits per heavy atom. The SMILES string of the molecule is Cc1ccc(/C=C/C2C(O)CC(=O)C2CCCCCCC(=O)O)cc1C. The molecule has 0 aromatic heterocycles. The fourth-order valence-electron chi connectivity index (χ4n) is 3.68. The summed E-state index contributed by atoms with van der Waals surface area (Å²) in [6.45, 7) is 4.16. The van der Waals surface area contributed by atoms with Crippen molar-refractivity contribution in [2.75, 3.05) is 0 Å². The Kier molecular flexibility index (Phi) is 7.58. The highest BCUT2D eigenvalue weighted by molar-refractivity contribution is 5.84. The van der Waals surface area contributed by atoms with E-state index in [1.165, 1.54) is 11.1 Å². The number of unbranched alkanes of at least 4 members (excludes halogenated alkanes) is 3. The Morgan fingerprint density at radius 3 is 2.58 bits per heavy atom. The largest absolute Gasteiger partial charge is 0.481 e. The molecule has 3 unspecified atom stereocenters. The Labute approximate surface area is 155 Å². The third kappa shape index (κ3) is 5.80. The minimum Gasteiger partial charge on any atom is -0.481 e. The van der Waals surface area contributed by atoms with Crippen LogP contribution < -0.4 is 0 Å². The van der Waals surface area contributed by atoms with E-state index in [4.69, 9.17) is 5.11 Å². The fraction of sp³-hybridized carbons (Fsp3) is 0.545. The summed E-state index contributed by atoms with van der Waals surface area (Å²) >= 11 is 0. The molecule has 0 aliphatic heterocycles. The third-order valence-corrected chi connectivity index (χ3v) is 5.43. The number of rotatable bonds is 9. The van der Waals surface area contributed by atoms with Crippen LogP contribution in [0.25, 0.3) is 6.08 Å². The molecule has 1 aromatic rings. The van der Waals surface area contributed by atoms with Gasteiger partial charge in [-0.15, -0.1) is 0 Å². The van der Waals surface area contributed by atoms with Gasteiger partial charge in [-0.3, -0.25) is 9.59 Å². The van der Waals surface area contributed by atoms with E-state index in [1.807, 2.05) is 12.2 Å². The molecular weight excluding hydrogens is 328 g/mol. The van der Waals surface area contributed by atoms with E-state index in [0.717, 1.165) is 31.2 Å². The molecule has 0 amide bonds. The molecule has 26 heavy (non-hydrogen) atoms. The van der Waals surface area contributed by atoms with E-state index in [9.17, 15) is 14.7 Å². The predicted molar refractivity (Wildman–Crippen MR) is 103 cm³/mol. The highest BCUT2D eigenvalue weighted by Crippen LogP contribution is 2.34. The quantitative estimate of drug-likeness (QED) is 0.645. The highest BCUT2D eigenvalue weighted by atomic mass is 16.4. The van der Waals surface area contributed by atoms with Crippen LogP contribution in [-0.4, -0.2) is 28.1 Å². The smallest absolute Gasteiger partial charge is 0.303 e. The number of carbonyl (C=O) groups is 2. The molecule has 0 heterocycles. The number of aliphatic hydroxyl groups is 1. The number of aryl methyl sites for hydroxylation is 2. The van der Waals surface area contributed by atoms with Gasteiger partial charge in [0.25, 0.3) is 0 Å². The number of hydrogen-bond acceptors (Lipinski definition) is 3. The molecule has 4 nitrogen and oxygen atoms in total. The molecule has 1 fully saturated rings. The second-order valence-electron chi connectivity index (χ2n) is 7.47. The van der Waals surface area contributed by atoms with Crippen molar-refractivity contribution in [3.63, 3.8) is 0 Å². The van der Waals surface area contributed by atoms with Crippen LogP contribution in [0.3, 0.4) is 0 Å². The molecule has 2 rings (SSSR count). The monoisotopic (exact) mass is 358 g/mol. The number of Topliss-reactive ketones (excluding diaryl/α,β-unsaturated/α-hetero) is 1. The Balaban J connectivity index is 1.90. The maximum absolute atomic E-state index is 12.2. The van der Waals surface area contributed by atoms with Gasteiger partial charge in [0.2, 0.25) is 0 Å². The van der Waals surface area contributed by atoms with Crippen LogP contribution in [-0.2, 0) is 9.59 Å². The Hall–Kier alpha value is -1.94. The molecule has 3 atom stereocenters. The number of ketones is 1. The highest BCUT2D eigenvalue weighted by Gasteiger charge is 2.39. The van der Waals surface area contributed by atoms with Crippen molar-refractivity contribution in [3.8, 4) is 0 Å². The topological polar surface area (TPSA) is 74.6 Å². The lowest BCUT2D eigenvalue weighted by Crippen LogP contribution is -2.18. The summed E-state index contributed by atoms with van der Waals surface area (Å²) in [6.07, 6.45) is 8.03. The lowest BCUT2D eigenvalue weighted by Gasteiger charge is -2.17. The number of carboxylic acids is 1. The van der Waals surface area contributed by atoms with E-state index in [-0.39, 0.29) is 30.5 Å². The molecule has 0 radical (unpaired) electrons. The third-order valence-electron chi connectivity index (χ3n) is 5.43. The summed E-state index contributed by atoms with van der Waals surface area (Å²) in [4.78, 5) is 22.8. The fourth-order valence-corrected chi connectivity index (χ4v) is 3.68.